The van der Waals surface area contributed by atoms with Crippen LogP contribution in [-0.2, 0) is 0 Å². The molecule has 4 aromatic carbocycles. The third kappa shape index (κ3) is 5.02. The molecule has 2 aromatic heterocycles. The second-order valence-electron chi connectivity index (χ2n) is 8.82. The lowest BCUT2D eigenvalue weighted by atomic mass is 9.94. The maximum atomic E-state index is 9.18. The van der Waals surface area contributed by atoms with Crippen LogP contribution in [0.2, 0.25) is 5.28 Å². The predicted molar refractivity (Wildman–Crippen MR) is 155 cm³/mol. The largest absolute Gasteiger partial charge is 0.246 e. The van der Waals surface area contributed by atoms with Crippen molar-refractivity contribution in [1.29, 1.82) is 5.26 Å². The van der Waals surface area contributed by atoms with E-state index in [1.54, 1.807) is 24.3 Å². The van der Waals surface area contributed by atoms with Gasteiger partial charge < -0.3 is 0 Å². The molecule has 0 N–H and O–H groups in total. The summed E-state index contributed by atoms with van der Waals surface area (Å²) in [6, 6.07) is 41.6. The van der Waals surface area contributed by atoms with Crippen LogP contribution in [0.15, 0.2) is 121 Å². The molecule has 0 aliphatic rings. The first kappa shape index (κ1) is 24.2. The number of rotatable bonds is 5. The van der Waals surface area contributed by atoms with Crippen molar-refractivity contribution in [3.05, 3.63) is 132 Å². The second-order valence-corrected chi connectivity index (χ2v) is 9.16. The Hall–Kier alpha value is -5.18. The maximum Gasteiger partial charge on any atom is 0.226 e. The Kier molecular flexibility index (Phi) is 6.61. The molecule has 0 saturated heterocycles. The number of aromatic nitrogens is 4. The molecule has 0 saturated carbocycles. The van der Waals surface area contributed by atoms with Crippen molar-refractivity contribution >= 4 is 11.6 Å². The van der Waals surface area contributed by atoms with E-state index < -0.39 is 0 Å². The highest BCUT2D eigenvalue weighted by Crippen LogP contribution is 2.39. The highest BCUT2D eigenvalue weighted by molar-refractivity contribution is 6.28. The average Bonchev–Trinajstić information content (AvgIpc) is 3.01. The fourth-order valence-electron chi connectivity index (χ4n) is 4.45. The summed E-state index contributed by atoms with van der Waals surface area (Å²) in [7, 11) is 0. The van der Waals surface area contributed by atoms with E-state index in [9.17, 15) is 5.26 Å². The van der Waals surface area contributed by atoms with E-state index in [2.05, 4.69) is 46.4 Å². The van der Waals surface area contributed by atoms with Gasteiger partial charge in [0.1, 0.15) is 0 Å². The van der Waals surface area contributed by atoms with Gasteiger partial charge in [-0.1, -0.05) is 91.0 Å². The number of nitrogens with zero attached hydrogens (tertiary/aromatic N) is 5. The van der Waals surface area contributed by atoms with Crippen molar-refractivity contribution in [2.75, 3.05) is 0 Å². The van der Waals surface area contributed by atoms with E-state index in [4.69, 9.17) is 21.6 Å². The Balaban J connectivity index is 1.63. The molecule has 0 aliphatic carbocycles. The van der Waals surface area contributed by atoms with E-state index in [1.165, 1.54) is 0 Å². The molecular weight excluding hydrogens is 502 g/mol. The van der Waals surface area contributed by atoms with Gasteiger partial charge in [-0.15, -0.1) is 0 Å². The molecule has 0 bridgehead atoms. The van der Waals surface area contributed by atoms with Crippen LogP contribution in [0.4, 0.5) is 0 Å². The van der Waals surface area contributed by atoms with E-state index in [1.807, 2.05) is 66.7 Å². The Morgan fingerprint density at radius 2 is 1.00 bits per heavy atom. The summed E-state index contributed by atoms with van der Waals surface area (Å²) in [5.41, 5.74) is 7.53. The van der Waals surface area contributed by atoms with Gasteiger partial charge in [0.25, 0.3) is 0 Å². The Bertz CT molecular complexity index is 1800. The summed E-state index contributed by atoms with van der Waals surface area (Å²) >= 11 is 6.46. The highest BCUT2D eigenvalue weighted by atomic mass is 35.5. The van der Waals surface area contributed by atoms with E-state index in [0.717, 1.165) is 44.8 Å². The number of halogens is 1. The SMILES string of the molecule is N#Cc1ccc(-c2nc(Cl)nc(-c3cc(-c4ccccc4)c(-c4ccccc4)nc3-c3ccccc3)n2)cc1. The lowest BCUT2D eigenvalue weighted by molar-refractivity contribution is 1.06. The molecule has 0 aliphatic heterocycles. The van der Waals surface area contributed by atoms with Crippen LogP contribution in [-0.4, -0.2) is 19.9 Å². The molecule has 0 spiro atoms. The van der Waals surface area contributed by atoms with E-state index >= 15 is 0 Å². The quantitative estimate of drug-likeness (QED) is 0.229. The molecule has 0 amide bonds. The van der Waals surface area contributed by atoms with Crippen LogP contribution in [0, 0.1) is 11.3 Å². The molecule has 184 valence electrons. The van der Waals surface area contributed by atoms with Crippen molar-refractivity contribution in [1.82, 2.24) is 19.9 Å². The zero-order valence-corrected chi connectivity index (χ0v) is 21.4. The topological polar surface area (TPSA) is 75.3 Å². The van der Waals surface area contributed by atoms with Crippen molar-refractivity contribution in [2.45, 2.75) is 0 Å². The molecule has 5 nitrogen and oxygen atoms in total. The Morgan fingerprint density at radius 3 is 1.56 bits per heavy atom. The first-order valence-electron chi connectivity index (χ1n) is 12.3. The minimum atomic E-state index is 0.0757. The summed E-state index contributed by atoms with van der Waals surface area (Å²) in [5, 5.41) is 9.26. The third-order valence-corrected chi connectivity index (χ3v) is 6.49. The minimum Gasteiger partial charge on any atom is -0.246 e. The van der Waals surface area contributed by atoms with Gasteiger partial charge in [-0.2, -0.15) is 15.2 Å². The van der Waals surface area contributed by atoms with Crippen LogP contribution in [0.25, 0.3) is 56.4 Å². The molecule has 2 heterocycles. The fourth-order valence-corrected chi connectivity index (χ4v) is 4.61. The molecule has 0 unspecified atom stereocenters. The smallest absolute Gasteiger partial charge is 0.226 e. The number of pyridine rings is 1. The van der Waals surface area contributed by atoms with Crippen LogP contribution in [0.3, 0.4) is 0 Å². The normalized spacial score (nSPS) is 10.7. The Labute approximate surface area is 231 Å². The first-order valence-corrected chi connectivity index (χ1v) is 12.7. The third-order valence-electron chi connectivity index (χ3n) is 6.32. The number of hydrogen-bond acceptors (Lipinski definition) is 5. The number of hydrogen-bond donors (Lipinski definition) is 0. The minimum absolute atomic E-state index is 0.0757. The van der Waals surface area contributed by atoms with Gasteiger partial charge in [0, 0.05) is 27.8 Å². The standard InChI is InChI=1S/C33H20ClN5/c34-33-38-31(26-18-16-22(21-35)17-19-26)37-32(39-33)28-20-27(23-10-4-1-5-11-23)29(24-12-6-2-7-13-24)36-30(28)25-14-8-3-9-15-25/h1-20H. The maximum absolute atomic E-state index is 9.18. The van der Waals surface area contributed by atoms with Gasteiger partial charge in [-0.05, 0) is 47.5 Å². The summed E-state index contributed by atoms with van der Waals surface area (Å²) in [5.74, 6) is 0.833. The number of nitriles is 1. The summed E-state index contributed by atoms with van der Waals surface area (Å²) in [6.45, 7) is 0. The Morgan fingerprint density at radius 1 is 0.487 bits per heavy atom. The molecular formula is C33H20ClN5. The predicted octanol–water partition coefficient (Wildman–Crippen LogP) is 8.13. The molecule has 39 heavy (non-hydrogen) atoms. The zero-order valence-electron chi connectivity index (χ0n) is 20.7. The van der Waals surface area contributed by atoms with Gasteiger partial charge in [-0.3, -0.25) is 0 Å². The van der Waals surface area contributed by atoms with Crippen LogP contribution in [0.5, 0.6) is 0 Å². The average molecular weight is 522 g/mol. The molecule has 6 heteroatoms. The summed E-state index contributed by atoms with van der Waals surface area (Å²) in [4.78, 5) is 19.0. The lowest BCUT2D eigenvalue weighted by Gasteiger charge is -2.16. The number of benzene rings is 4. The molecule has 6 rings (SSSR count). The van der Waals surface area contributed by atoms with Crippen molar-refractivity contribution in [3.8, 4) is 62.5 Å². The first-order chi connectivity index (χ1) is 19.2. The van der Waals surface area contributed by atoms with Gasteiger partial charge in [-0.25, -0.2) is 9.97 Å². The van der Waals surface area contributed by atoms with Crippen molar-refractivity contribution < 1.29 is 0 Å². The van der Waals surface area contributed by atoms with Crippen LogP contribution >= 0.6 is 11.6 Å². The van der Waals surface area contributed by atoms with Crippen molar-refractivity contribution in [3.63, 3.8) is 0 Å². The lowest BCUT2D eigenvalue weighted by Crippen LogP contribution is -2.02. The van der Waals surface area contributed by atoms with E-state index in [-0.39, 0.29) is 5.28 Å². The summed E-state index contributed by atoms with van der Waals surface area (Å²) in [6.07, 6.45) is 0. The molecule has 0 fully saturated rings. The molecule has 0 atom stereocenters. The fraction of sp³-hybridized carbons (Fsp3) is 0. The van der Waals surface area contributed by atoms with E-state index in [0.29, 0.717) is 17.2 Å². The van der Waals surface area contributed by atoms with Gasteiger partial charge in [0.15, 0.2) is 11.6 Å². The monoisotopic (exact) mass is 521 g/mol. The van der Waals surface area contributed by atoms with Gasteiger partial charge in [0.2, 0.25) is 5.28 Å². The molecule has 0 radical (unpaired) electrons. The van der Waals surface area contributed by atoms with Gasteiger partial charge in [0.05, 0.1) is 23.0 Å². The molecule has 6 aromatic rings. The van der Waals surface area contributed by atoms with Crippen molar-refractivity contribution in [2.24, 2.45) is 0 Å². The van der Waals surface area contributed by atoms with Crippen LogP contribution < -0.4 is 0 Å². The second kappa shape index (κ2) is 10.7. The zero-order chi connectivity index (χ0) is 26.6. The summed E-state index contributed by atoms with van der Waals surface area (Å²) < 4.78 is 0. The van der Waals surface area contributed by atoms with Crippen LogP contribution in [0.1, 0.15) is 5.56 Å². The van der Waals surface area contributed by atoms with Gasteiger partial charge >= 0.3 is 0 Å². The highest BCUT2D eigenvalue weighted by Gasteiger charge is 2.20.